The summed E-state index contributed by atoms with van der Waals surface area (Å²) in [6, 6.07) is 20.3. The number of likely N-dealkylation sites (N-methyl/N-ethyl adjacent to an activating group) is 1. The molecule has 2 amide bonds. The van der Waals surface area contributed by atoms with E-state index in [0.29, 0.717) is 35.7 Å². The number of nitrogens with one attached hydrogen (secondary N) is 1. The third-order valence-corrected chi connectivity index (χ3v) is 8.55. The van der Waals surface area contributed by atoms with Crippen LogP contribution in [0.3, 0.4) is 0 Å². The number of carbonyl (C=O) groups excluding carboxylic acids is 2. The molecule has 39 heavy (non-hydrogen) atoms. The fourth-order valence-corrected chi connectivity index (χ4v) is 6.14. The third-order valence-electron chi connectivity index (χ3n) is 6.54. The lowest BCUT2D eigenvalue weighted by atomic mass is 10.1. The van der Waals surface area contributed by atoms with E-state index in [-0.39, 0.29) is 17.3 Å². The fraction of sp³-hybridized carbons (Fsp3) is 0.333. The van der Waals surface area contributed by atoms with Gasteiger partial charge in [-0.1, -0.05) is 66.6 Å². The normalized spacial score (nSPS) is 12.0. The quantitative estimate of drug-likeness (QED) is 0.327. The zero-order chi connectivity index (χ0) is 28.6. The molecule has 1 atom stereocenters. The van der Waals surface area contributed by atoms with E-state index in [9.17, 15) is 18.0 Å². The molecule has 0 spiro atoms. The Labute approximate surface area is 236 Å². The Hall–Kier alpha value is -3.36. The first-order chi connectivity index (χ1) is 18.6. The van der Waals surface area contributed by atoms with Crippen LogP contribution in [0.4, 0.5) is 5.69 Å². The number of halogens is 1. The molecular weight excluding hydrogens is 534 g/mol. The summed E-state index contributed by atoms with van der Waals surface area (Å²) < 4.78 is 29.0. The van der Waals surface area contributed by atoms with Gasteiger partial charge in [-0.3, -0.25) is 13.9 Å². The van der Waals surface area contributed by atoms with Crippen molar-refractivity contribution in [1.82, 2.24) is 10.2 Å². The van der Waals surface area contributed by atoms with Gasteiger partial charge in [0.1, 0.15) is 12.6 Å². The number of rotatable bonds is 12. The molecule has 3 rings (SSSR count). The zero-order valence-electron chi connectivity index (χ0n) is 22.9. The van der Waals surface area contributed by atoms with Crippen molar-refractivity contribution in [2.24, 2.45) is 0 Å². The smallest absolute Gasteiger partial charge is 0.264 e. The van der Waals surface area contributed by atoms with Crippen LogP contribution in [0.5, 0.6) is 0 Å². The van der Waals surface area contributed by atoms with Crippen molar-refractivity contribution in [2.75, 3.05) is 23.9 Å². The SMILES string of the molecule is CCNC(=O)[C@@H](CC)N(CCc1ccccc1)C(=O)CN(c1ccc(Cl)cc1C)S(=O)(=O)c1ccc(C)cc1. The molecule has 0 bridgehead atoms. The average Bonchev–Trinajstić information content (AvgIpc) is 2.90. The van der Waals surface area contributed by atoms with E-state index in [1.807, 2.05) is 51.1 Å². The van der Waals surface area contributed by atoms with Crippen LogP contribution in [0, 0.1) is 13.8 Å². The van der Waals surface area contributed by atoms with Crippen molar-refractivity contribution in [3.63, 3.8) is 0 Å². The topological polar surface area (TPSA) is 86.8 Å². The fourth-order valence-electron chi connectivity index (χ4n) is 4.44. The summed E-state index contributed by atoms with van der Waals surface area (Å²) >= 11 is 6.16. The Morgan fingerprint density at radius 3 is 2.21 bits per heavy atom. The Kier molecular flexibility index (Phi) is 10.5. The van der Waals surface area contributed by atoms with Gasteiger partial charge in [0.25, 0.3) is 10.0 Å². The second kappa shape index (κ2) is 13.6. The maximum Gasteiger partial charge on any atom is 0.264 e. The number of carbonyl (C=O) groups is 2. The number of anilines is 1. The summed E-state index contributed by atoms with van der Waals surface area (Å²) in [7, 11) is -4.12. The summed E-state index contributed by atoms with van der Waals surface area (Å²) in [4.78, 5) is 28.5. The van der Waals surface area contributed by atoms with Crippen molar-refractivity contribution >= 4 is 39.1 Å². The Morgan fingerprint density at radius 1 is 0.949 bits per heavy atom. The molecule has 3 aromatic rings. The van der Waals surface area contributed by atoms with Crippen molar-refractivity contribution in [3.05, 3.63) is 94.5 Å². The highest BCUT2D eigenvalue weighted by molar-refractivity contribution is 7.92. The van der Waals surface area contributed by atoms with Crippen LogP contribution in [0.2, 0.25) is 5.02 Å². The number of sulfonamides is 1. The molecule has 0 unspecified atom stereocenters. The molecule has 9 heteroatoms. The molecule has 7 nitrogen and oxygen atoms in total. The molecular formula is C30H36ClN3O4S. The standard InChI is InChI=1S/C30H36ClN3O4S/c1-5-27(30(36)32-6-2)33(19-18-24-10-8-7-9-11-24)29(35)21-34(28-17-14-25(31)20-23(28)4)39(37,38)26-15-12-22(3)13-16-26/h7-17,20,27H,5-6,18-19,21H2,1-4H3,(H,32,36)/t27-/m1/s1. The number of nitrogens with zero attached hydrogens (tertiary/aromatic N) is 2. The van der Waals surface area contributed by atoms with E-state index >= 15 is 0 Å². The van der Waals surface area contributed by atoms with E-state index in [1.54, 1.807) is 37.3 Å². The lowest BCUT2D eigenvalue weighted by Crippen LogP contribution is -2.53. The first-order valence-corrected chi connectivity index (χ1v) is 14.9. The van der Waals surface area contributed by atoms with Crippen molar-refractivity contribution in [2.45, 2.75) is 51.5 Å². The van der Waals surface area contributed by atoms with Gasteiger partial charge in [-0.15, -0.1) is 0 Å². The summed E-state index contributed by atoms with van der Waals surface area (Å²) in [6.45, 7) is 7.50. The van der Waals surface area contributed by atoms with E-state index in [1.165, 1.54) is 17.0 Å². The first kappa shape index (κ1) is 30.2. The maximum atomic E-state index is 14.0. The number of aryl methyl sites for hydroxylation is 2. The van der Waals surface area contributed by atoms with Crippen LogP contribution in [-0.2, 0) is 26.0 Å². The van der Waals surface area contributed by atoms with Crippen LogP contribution < -0.4 is 9.62 Å². The Balaban J connectivity index is 2.04. The van der Waals surface area contributed by atoms with E-state index < -0.39 is 28.5 Å². The second-order valence-corrected chi connectivity index (χ2v) is 11.7. The number of benzene rings is 3. The molecule has 0 heterocycles. The molecule has 0 aliphatic carbocycles. The third kappa shape index (κ3) is 7.61. The van der Waals surface area contributed by atoms with E-state index in [0.717, 1.165) is 15.4 Å². The molecule has 0 fully saturated rings. The number of hydrogen-bond acceptors (Lipinski definition) is 4. The molecule has 0 aliphatic rings. The van der Waals surface area contributed by atoms with Gasteiger partial charge in [0.15, 0.2) is 0 Å². The van der Waals surface area contributed by atoms with Gasteiger partial charge in [-0.05, 0) is 75.1 Å². The van der Waals surface area contributed by atoms with Crippen molar-refractivity contribution < 1.29 is 18.0 Å². The second-order valence-electron chi connectivity index (χ2n) is 9.40. The minimum atomic E-state index is -4.12. The van der Waals surface area contributed by atoms with Gasteiger partial charge in [0, 0.05) is 18.1 Å². The molecule has 208 valence electrons. The van der Waals surface area contributed by atoms with Crippen LogP contribution >= 0.6 is 11.6 Å². The number of hydrogen-bond donors (Lipinski definition) is 1. The van der Waals surface area contributed by atoms with Crippen LogP contribution in [0.1, 0.15) is 37.0 Å². The van der Waals surface area contributed by atoms with Crippen LogP contribution in [0.15, 0.2) is 77.7 Å². The summed E-state index contributed by atoms with van der Waals surface area (Å²) in [5.41, 5.74) is 2.89. The zero-order valence-corrected chi connectivity index (χ0v) is 24.4. The predicted octanol–water partition coefficient (Wildman–Crippen LogP) is 5.14. The van der Waals surface area contributed by atoms with Gasteiger partial charge in [-0.2, -0.15) is 0 Å². The van der Waals surface area contributed by atoms with Crippen molar-refractivity contribution in [3.8, 4) is 0 Å². The Morgan fingerprint density at radius 2 is 1.62 bits per heavy atom. The lowest BCUT2D eigenvalue weighted by molar-refractivity contribution is -0.139. The maximum absolute atomic E-state index is 14.0. The number of amides is 2. The van der Waals surface area contributed by atoms with Gasteiger partial charge >= 0.3 is 0 Å². The van der Waals surface area contributed by atoms with Crippen molar-refractivity contribution in [1.29, 1.82) is 0 Å². The first-order valence-electron chi connectivity index (χ1n) is 13.0. The Bertz CT molecular complexity index is 1380. The molecule has 3 aromatic carbocycles. The highest BCUT2D eigenvalue weighted by Crippen LogP contribution is 2.29. The summed E-state index contributed by atoms with van der Waals surface area (Å²) in [5.74, 6) is -0.730. The molecule has 0 radical (unpaired) electrons. The lowest BCUT2D eigenvalue weighted by Gasteiger charge is -2.33. The molecule has 0 aliphatic heterocycles. The minimum Gasteiger partial charge on any atom is -0.355 e. The average molecular weight is 570 g/mol. The van der Waals surface area contributed by atoms with Crippen LogP contribution in [-0.4, -0.2) is 50.8 Å². The van der Waals surface area contributed by atoms with E-state index in [2.05, 4.69) is 5.32 Å². The highest BCUT2D eigenvalue weighted by atomic mass is 35.5. The highest BCUT2D eigenvalue weighted by Gasteiger charge is 2.33. The molecule has 0 saturated heterocycles. The van der Waals surface area contributed by atoms with Gasteiger partial charge < -0.3 is 10.2 Å². The predicted molar refractivity (Wildman–Crippen MR) is 157 cm³/mol. The largest absolute Gasteiger partial charge is 0.355 e. The molecule has 0 saturated carbocycles. The minimum absolute atomic E-state index is 0.0712. The van der Waals surface area contributed by atoms with Crippen LogP contribution in [0.25, 0.3) is 0 Å². The summed E-state index contributed by atoms with van der Waals surface area (Å²) in [5, 5.41) is 3.27. The summed E-state index contributed by atoms with van der Waals surface area (Å²) in [6.07, 6.45) is 0.907. The van der Waals surface area contributed by atoms with Gasteiger partial charge in [0.2, 0.25) is 11.8 Å². The molecule has 1 N–H and O–H groups in total. The van der Waals surface area contributed by atoms with Gasteiger partial charge in [0.05, 0.1) is 10.6 Å². The molecule has 0 aromatic heterocycles. The van der Waals surface area contributed by atoms with E-state index in [4.69, 9.17) is 11.6 Å². The monoisotopic (exact) mass is 569 g/mol. The van der Waals surface area contributed by atoms with Gasteiger partial charge in [-0.25, -0.2) is 8.42 Å².